The fourth-order valence-corrected chi connectivity index (χ4v) is 4.38. The van der Waals surface area contributed by atoms with E-state index in [2.05, 4.69) is 12.1 Å². The van der Waals surface area contributed by atoms with Crippen LogP contribution in [0.4, 0.5) is 0 Å². The largest absolute Gasteiger partial charge is 0.497 e. The molecule has 0 aromatic heterocycles. The molecular weight excluding hydrogens is 338 g/mol. The summed E-state index contributed by atoms with van der Waals surface area (Å²) in [5.74, 6) is 1.49. The SMILES string of the molecule is COc1ccc([C@@H]2C[C@@H]2C(=O)N2CCC(O)(c3ccccc3C)CC2)cc1. The van der Waals surface area contributed by atoms with Crippen molar-refractivity contribution in [2.75, 3.05) is 20.2 Å². The molecule has 2 atom stereocenters. The van der Waals surface area contributed by atoms with Gasteiger partial charge < -0.3 is 14.7 Å². The van der Waals surface area contributed by atoms with Gasteiger partial charge in [0.1, 0.15) is 5.75 Å². The zero-order chi connectivity index (χ0) is 19.0. The lowest BCUT2D eigenvalue weighted by atomic mass is 9.82. The van der Waals surface area contributed by atoms with E-state index in [-0.39, 0.29) is 11.8 Å². The monoisotopic (exact) mass is 365 g/mol. The highest BCUT2D eigenvalue weighted by atomic mass is 16.5. The summed E-state index contributed by atoms with van der Waals surface area (Å²) in [5.41, 5.74) is 2.50. The van der Waals surface area contributed by atoms with Crippen molar-refractivity contribution in [3.8, 4) is 5.75 Å². The van der Waals surface area contributed by atoms with Crippen LogP contribution < -0.4 is 4.74 Å². The Labute approximate surface area is 160 Å². The zero-order valence-corrected chi connectivity index (χ0v) is 16.0. The van der Waals surface area contributed by atoms with Gasteiger partial charge in [-0.25, -0.2) is 0 Å². The van der Waals surface area contributed by atoms with Crippen LogP contribution in [-0.4, -0.2) is 36.1 Å². The van der Waals surface area contributed by atoms with Crippen molar-refractivity contribution in [3.05, 3.63) is 65.2 Å². The summed E-state index contributed by atoms with van der Waals surface area (Å²) in [6.45, 7) is 3.28. The highest BCUT2D eigenvalue weighted by Gasteiger charge is 2.47. The Morgan fingerprint density at radius 3 is 2.41 bits per heavy atom. The first kappa shape index (κ1) is 18.1. The number of hydrogen-bond acceptors (Lipinski definition) is 3. The van der Waals surface area contributed by atoms with Gasteiger partial charge in [-0.3, -0.25) is 4.79 Å². The number of carbonyl (C=O) groups excluding carboxylic acids is 1. The van der Waals surface area contributed by atoms with Crippen LogP contribution in [-0.2, 0) is 10.4 Å². The van der Waals surface area contributed by atoms with Crippen molar-refractivity contribution >= 4 is 5.91 Å². The standard InChI is InChI=1S/C23H27NO3/c1-16-5-3-4-6-21(16)23(26)11-13-24(14-12-23)22(25)20-15-19(20)17-7-9-18(27-2)10-8-17/h3-10,19-20,26H,11-15H2,1-2H3/t19-,20-/m0/s1. The smallest absolute Gasteiger partial charge is 0.226 e. The number of piperidine rings is 1. The van der Waals surface area contributed by atoms with Crippen LogP contribution in [0.2, 0.25) is 0 Å². The molecule has 0 unspecified atom stereocenters. The lowest BCUT2D eigenvalue weighted by Crippen LogP contribution is -2.46. The second-order valence-electron chi connectivity index (χ2n) is 7.89. The molecule has 2 aromatic rings. The molecule has 4 rings (SSSR count). The summed E-state index contributed by atoms with van der Waals surface area (Å²) < 4.78 is 5.20. The van der Waals surface area contributed by atoms with Gasteiger partial charge >= 0.3 is 0 Å². The third kappa shape index (κ3) is 3.46. The van der Waals surface area contributed by atoms with E-state index in [0.717, 1.165) is 23.3 Å². The molecule has 4 heteroatoms. The van der Waals surface area contributed by atoms with Gasteiger partial charge in [-0.2, -0.15) is 0 Å². The number of hydrogen-bond donors (Lipinski definition) is 1. The normalized spacial score (nSPS) is 23.7. The lowest BCUT2D eigenvalue weighted by Gasteiger charge is -2.39. The molecule has 1 aliphatic carbocycles. The molecule has 2 aliphatic rings. The number of nitrogens with zero attached hydrogens (tertiary/aromatic N) is 1. The molecule has 0 bridgehead atoms. The van der Waals surface area contributed by atoms with Crippen LogP contribution >= 0.6 is 0 Å². The van der Waals surface area contributed by atoms with Gasteiger partial charge in [0.25, 0.3) is 0 Å². The van der Waals surface area contributed by atoms with Crippen LogP contribution in [0, 0.1) is 12.8 Å². The summed E-state index contributed by atoms with van der Waals surface area (Å²) >= 11 is 0. The predicted octanol–water partition coefficient (Wildman–Crippen LogP) is 3.62. The quantitative estimate of drug-likeness (QED) is 0.900. The van der Waals surface area contributed by atoms with Gasteiger partial charge in [0, 0.05) is 19.0 Å². The third-order valence-corrected chi connectivity index (χ3v) is 6.20. The Bertz CT molecular complexity index is 822. The van der Waals surface area contributed by atoms with Crippen molar-refractivity contribution in [2.45, 2.75) is 37.7 Å². The number of methoxy groups -OCH3 is 1. The van der Waals surface area contributed by atoms with Gasteiger partial charge in [0.2, 0.25) is 5.91 Å². The van der Waals surface area contributed by atoms with Gasteiger partial charge in [-0.1, -0.05) is 36.4 Å². The molecule has 1 N–H and O–H groups in total. The van der Waals surface area contributed by atoms with Gasteiger partial charge in [0.15, 0.2) is 0 Å². The van der Waals surface area contributed by atoms with Crippen molar-refractivity contribution in [1.82, 2.24) is 4.90 Å². The third-order valence-electron chi connectivity index (χ3n) is 6.20. The van der Waals surface area contributed by atoms with E-state index in [1.165, 1.54) is 5.56 Å². The Hall–Kier alpha value is -2.33. The molecule has 4 nitrogen and oxygen atoms in total. The minimum Gasteiger partial charge on any atom is -0.497 e. The summed E-state index contributed by atoms with van der Waals surface area (Å²) in [7, 11) is 1.66. The first-order valence-corrected chi connectivity index (χ1v) is 9.73. The molecule has 1 saturated heterocycles. The molecule has 1 saturated carbocycles. The van der Waals surface area contributed by atoms with E-state index in [1.54, 1.807) is 7.11 Å². The maximum atomic E-state index is 12.9. The minimum atomic E-state index is -0.818. The Morgan fingerprint density at radius 2 is 1.78 bits per heavy atom. The molecular formula is C23H27NO3. The second-order valence-corrected chi connectivity index (χ2v) is 7.89. The average molecular weight is 365 g/mol. The lowest BCUT2D eigenvalue weighted by molar-refractivity contribution is -0.137. The summed E-state index contributed by atoms with van der Waals surface area (Å²) in [6.07, 6.45) is 2.12. The summed E-state index contributed by atoms with van der Waals surface area (Å²) in [6, 6.07) is 16.0. The number of aryl methyl sites for hydroxylation is 1. The Kier molecular flexibility index (Phi) is 4.68. The van der Waals surface area contributed by atoms with Gasteiger partial charge in [-0.15, -0.1) is 0 Å². The number of likely N-dealkylation sites (tertiary alicyclic amines) is 1. The van der Waals surface area contributed by atoms with Gasteiger partial charge in [-0.05, 0) is 60.9 Å². The number of rotatable bonds is 4. The van der Waals surface area contributed by atoms with E-state index < -0.39 is 5.60 Å². The van der Waals surface area contributed by atoms with Crippen LogP contribution in [0.3, 0.4) is 0 Å². The predicted molar refractivity (Wildman–Crippen MR) is 105 cm³/mol. The van der Waals surface area contributed by atoms with E-state index in [4.69, 9.17) is 4.74 Å². The van der Waals surface area contributed by atoms with E-state index in [1.807, 2.05) is 48.2 Å². The Morgan fingerprint density at radius 1 is 1.11 bits per heavy atom. The number of carbonyl (C=O) groups is 1. The van der Waals surface area contributed by atoms with Crippen molar-refractivity contribution in [2.24, 2.45) is 5.92 Å². The van der Waals surface area contributed by atoms with Crippen molar-refractivity contribution in [1.29, 1.82) is 0 Å². The van der Waals surface area contributed by atoms with Gasteiger partial charge in [0.05, 0.1) is 12.7 Å². The number of ether oxygens (including phenoxy) is 1. The minimum absolute atomic E-state index is 0.0862. The molecule has 27 heavy (non-hydrogen) atoms. The van der Waals surface area contributed by atoms with E-state index in [0.29, 0.717) is 31.8 Å². The van der Waals surface area contributed by atoms with Crippen LogP contribution in [0.5, 0.6) is 5.75 Å². The second kappa shape index (κ2) is 7.01. The average Bonchev–Trinajstić information content (AvgIpc) is 3.49. The molecule has 1 aliphatic heterocycles. The fourth-order valence-electron chi connectivity index (χ4n) is 4.38. The molecule has 1 heterocycles. The highest BCUT2D eigenvalue weighted by Crippen LogP contribution is 2.49. The maximum Gasteiger partial charge on any atom is 0.226 e. The molecule has 2 fully saturated rings. The summed E-state index contributed by atoms with van der Waals surface area (Å²) in [4.78, 5) is 14.8. The molecule has 0 radical (unpaired) electrons. The Balaban J connectivity index is 1.37. The fraction of sp³-hybridized carbons (Fsp3) is 0.435. The number of amides is 1. The molecule has 1 amide bonds. The first-order chi connectivity index (χ1) is 13.0. The maximum absolute atomic E-state index is 12.9. The van der Waals surface area contributed by atoms with Crippen LogP contribution in [0.25, 0.3) is 0 Å². The topological polar surface area (TPSA) is 49.8 Å². The van der Waals surface area contributed by atoms with E-state index in [9.17, 15) is 9.90 Å². The molecule has 2 aromatic carbocycles. The van der Waals surface area contributed by atoms with Crippen molar-refractivity contribution < 1.29 is 14.6 Å². The van der Waals surface area contributed by atoms with E-state index >= 15 is 0 Å². The summed E-state index contributed by atoms with van der Waals surface area (Å²) in [5, 5.41) is 11.1. The number of benzene rings is 2. The highest BCUT2D eigenvalue weighted by molar-refractivity contribution is 5.83. The number of aliphatic hydroxyl groups is 1. The first-order valence-electron chi connectivity index (χ1n) is 9.73. The zero-order valence-electron chi connectivity index (χ0n) is 16.0. The van der Waals surface area contributed by atoms with Crippen molar-refractivity contribution in [3.63, 3.8) is 0 Å². The molecule has 142 valence electrons. The van der Waals surface area contributed by atoms with Crippen LogP contribution in [0.1, 0.15) is 41.9 Å². The molecule has 0 spiro atoms. The van der Waals surface area contributed by atoms with Crippen LogP contribution in [0.15, 0.2) is 48.5 Å².